The van der Waals surface area contributed by atoms with Crippen molar-refractivity contribution in [2.24, 2.45) is 0 Å². The molecule has 0 aliphatic rings. The summed E-state index contributed by atoms with van der Waals surface area (Å²) in [7, 11) is 0. The highest BCUT2D eigenvalue weighted by atomic mass is 35.5. The minimum absolute atomic E-state index is 0.312. The van der Waals surface area contributed by atoms with Gasteiger partial charge in [-0.2, -0.15) is 0 Å². The number of hydrogen-bond donors (Lipinski definition) is 1. The molecule has 0 saturated heterocycles. The molecule has 0 radical (unpaired) electrons. The molecule has 2 aromatic rings. The lowest BCUT2D eigenvalue weighted by atomic mass is 10.2. The minimum atomic E-state index is -0.312. The van der Waals surface area contributed by atoms with Crippen molar-refractivity contribution in [3.05, 3.63) is 70.7 Å². The first-order valence-electron chi connectivity index (χ1n) is 5.47. The number of hydrogen-bond acceptors (Lipinski definition) is 2. The van der Waals surface area contributed by atoms with E-state index < -0.39 is 0 Å². The van der Waals surface area contributed by atoms with Gasteiger partial charge >= 0.3 is 0 Å². The largest absolute Gasteiger partial charge is 0.274 e. The Hall–Kier alpha value is -1.84. The van der Waals surface area contributed by atoms with E-state index in [0.29, 0.717) is 17.2 Å². The van der Waals surface area contributed by atoms with Crippen molar-refractivity contribution in [2.45, 2.75) is 6.61 Å². The lowest BCUT2D eigenvalue weighted by Gasteiger charge is -2.06. The molecule has 0 fully saturated rings. The zero-order valence-electron chi connectivity index (χ0n) is 9.60. The molecule has 1 N–H and O–H groups in total. The van der Waals surface area contributed by atoms with Crippen molar-refractivity contribution in [2.75, 3.05) is 0 Å². The topological polar surface area (TPSA) is 38.3 Å². The lowest BCUT2D eigenvalue weighted by Crippen LogP contribution is -2.23. The number of benzene rings is 2. The second-order valence-corrected chi connectivity index (χ2v) is 4.15. The van der Waals surface area contributed by atoms with Gasteiger partial charge in [-0.15, -0.1) is 0 Å². The maximum absolute atomic E-state index is 11.7. The average Bonchev–Trinajstić information content (AvgIpc) is 2.40. The van der Waals surface area contributed by atoms with Gasteiger partial charge in [0.25, 0.3) is 5.91 Å². The van der Waals surface area contributed by atoms with Crippen LogP contribution in [-0.2, 0) is 11.4 Å². The Balaban J connectivity index is 1.86. The Bertz CT molecular complexity index is 528. The van der Waals surface area contributed by atoms with E-state index in [0.717, 1.165) is 5.56 Å². The normalized spacial score (nSPS) is 10.1. The van der Waals surface area contributed by atoms with Crippen LogP contribution in [0, 0.1) is 0 Å². The van der Waals surface area contributed by atoms with E-state index >= 15 is 0 Å². The highest BCUT2D eigenvalue weighted by Crippen LogP contribution is 2.10. The van der Waals surface area contributed by atoms with Crippen LogP contribution < -0.4 is 5.48 Å². The first kappa shape index (κ1) is 12.6. The summed E-state index contributed by atoms with van der Waals surface area (Å²) in [4.78, 5) is 16.8. The number of carbonyl (C=O) groups excluding carboxylic acids is 1. The van der Waals surface area contributed by atoms with E-state index in [9.17, 15) is 4.79 Å². The molecule has 0 bridgehead atoms. The number of rotatable bonds is 4. The Morgan fingerprint density at radius 2 is 1.89 bits per heavy atom. The summed E-state index contributed by atoms with van der Waals surface area (Å²) in [6, 6.07) is 16.3. The average molecular weight is 262 g/mol. The van der Waals surface area contributed by atoms with Crippen LogP contribution in [0.4, 0.5) is 0 Å². The fraction of sp³-hybridized carbons (Fsp3) is 0.0714. The molecule has 0 aliphatic heterocycles. The van der Waals surface area contributed by atoms with E-state index in [4.69, 9.17) is 16.4 Å². The van der Waals surface area contributed by atoms with Gasteiger partial charge in [0.05, 0.1) is 6.61 Å². The molecule has 0 saturated carbocycles. The monoisotopic (exact) mass is 261 g/mol. The van der Waals surface area contributed by atoms with Gasteiger partial charge in [-0.25, -0.2) is 5.48 Å². The summed E-state index contributed by atoms with van der Waals surface area (Å²) in [5.41, 5.74) is 3.83. The van der Waals surface area contributed by atoms with Crippen LogP contribution in [0.5, 0.6) is 0 Å². The predicted octanol–water partition coefficient (Wildman–Crippen LogP) is 3.20. The van der Waals surface area contributed by atoms with Gasteiger partial charge in [-0.1, -0.05) is 48.0 Å². The van der Waals surface area contributed by atoms with Gasteiger partial charge in [0, 0.05) is 10.6 Å². The van der Waals surface area contributed by atoms with Crippen LogP contribution >= 0.6 is 11.6 Å². The molecule has 92 valence electrons. The molecule has 2 rings (SSSR count). The Morgan fingerprint density at radius 3 is 2.61 bits per heavy atom. The first-order valence-corrected chi connectivity index (χ1v) is 5.85. The fourth-order valence-corrected chi connectivity index (χ4v) is 1.64. The summed E-state index contributed by atoms with van der Waals surface area (Å²) in [6.07, 6.45) is 0. The number of hydroxylamine groups is 1. The van der Waals surface area contributed by atoms with Gasteiger partial charge in [0.1, 0.15) is 0 Å². The lowest BCUT2D eigenvalue weighted by molar-refractivity contribution is 0.0233. The van der Waals surface area contributed by atoms with Crippen LogP contribution in [0.15, 0.2) is 54.6 Å². The smallest absolute Gasteiger partial charge is 0.269 e. The molecule has 18 heavy (non-hydrogen) atoms. The highest BCUT2D eigenvalue weighted by molar-refractivity contribution is 6.30. The predicted molar refractivity (Wildman–Crippen MR) is 70.1 cm³/mol. The molecule has 0 atom stereocenters. The van der Waals surface area contributed by atoms with E-state index in [-0.39, 0.29) is 5.91 Å². The Labute approximate surface area is 110 Å². The summed E-state index contributed by atoms with van der Waals surface area (Å²) in [5, 5.41) is 0.519. The molecule has 1 amide bonds. The zero-order valence-corrected chi connectivity index (χ0v) is 10.4. The molecular formula is C14H12ClNO2. The fourth-order valence-electron chi connectivity index (χ4n) is 1.45. The van der Waals surface area contributed by atoms with E-state index in [2.05, 4.69) is 5.48 Å². The number of amides is 1. The van der Waals surface area contributed by atoms with Crippen molar-refractivity contribution >= 4 is 17.5 Å². The third kappa shape index (κ3) is 3.58. The van der Waals surface area contributed by atoms with Crippen molar-refractivity contribution in [3.8, 4) is 0 Å². The van der Waals surface area contributed by atoms with Gasteiger partial charge < -0.3 is 0 Å². The second kappa shape index (κ2) is 6.19. The van der Waals surface area contributed by atoms with E-state index in [1.807, 2.05) is 30.3 Å². The van der Waals surface area contributed by atoms with Crippen molar-refractivity contribution < 1.29 is 9.63 Å². The molecule has 0 aliphatic carbocycles. The summed E-state index contributed by atoms with van der Waals surface area (Å²) in [6.45, 7) is 0.327. The van der Waals surface area contributed by atoms with E-state index in [1.165, 1.54) is 0 Å². The van der Waals surface area contributed by atoms with Crippen LogP contribution in [0.1, 0.15) is 15.9 Å². The van der Waals surface area contributed by atoms with Gasteiger partial charge in [0.2, 0.25) is 0 Å². The SMILES string of the molecule is O=C(NOCc1ccccc1)c1cccc(Cl)c1. The standard InChI is InChI=1S/C14H12ClNO2/c15-13-8-4-7-12(9-13)14(17)16-18-10-11-5-2-1-3-6-11/h1-9H,10H2,(H,16,17). The van der Waals surface area contributed by atoms with Crippen LogP contribution in [0.2, 0.25) is 5.02 Å². The first-order chi connectivity index (χ1) is 8.75. The molecule has 0 aromatic heterocycles. The zero-order chi connectivity index (χ0) is 12.8. The molecular weight excluding hydrogens is 250 g/mol. The molecule has 3 nitrogen and oxygen atoms in total. The molecule has 0 heterocycles. The Kier molecular flexibility index (Phi) is 4.34. The third-order valence-electron chi connectivity index (χ3n) is 2.33. The third-order valence-corrected chi connectivity index (χ3v) is 2.57. The van der Waals surface area contributed by atoms with Crippen molar-refractivity contribution in [3.63, 3.8) is 0 Å². The Morgan fingerprint density at radius 1 is 1.11 bits per heavy atom. The quantitative estimate of drug-likeness (QED) is 0.859. The number of halogens is 1. The second-order valence-electron chi connectivity index (χ2n) is 3.72. The number of carbonyl (C=O) groups is 1. The minimum Gasteiger partial charge on any atom is -0.269 e. The van der Waals surface area contributed by atoms with E-state index in [1.54, 1.807) is 24.3 Å². The molecule has 2 aromatic carbocycles. The summed E-state index contributed by atoms with van der Waals surface area (Å²) >= 11 is 5.80. The van der Waals surface area contributed by atoms with Crippen molar-refractivity contribution in [1.29, 1.82) is 0 Å². The number of nitrogens with one attached hydrogen (secondary N) is 1. The van der Waals surface area contributed by atoms with Crippen LogP contribution in [0.25, 0.3) is 0 Å². The maximum Gasteiger partial charge on any atom is 0.274 e. The molecule has 4 heteroatoms. The molecule has 0 unspecified atom stereocenters. The van der Waals surface area contributed by atoms with Gasteiger partial charge in [0.15, 0.2) is 0 Å². The summed E-state index contributed by atoms with van der Waals surface area (Å²) in [5.74, 6) is -0.312. The highest BCUT2D eigenvalue weighted by Gasteiger charge is 2.05. The molecule has 0 spiro atoms. The van der Waals surface area contributed by atoms with Gasteiger partial charge in [-0.05, 0) is 23.8 Å². The maximum atomic E-state index is 11.7. The van der Waals surface area contributed by atoms with Crippen molar-refractivity contribution in [1.82, 2.24) is 5.48 Å². The van der Waals surface area contributed by atoms with Crippen LogP contribution in [-0.4, -0.2) is 5.91 Å². The van der Waals surface area contributed by atoms with Crippen LogP contribution in [0.3, 0.4) is 0 Å². The van der Waals surface area contributed by atoms with Gasteiger partial charge in [-0.3, -0.25) is 9.63 Å². The summed E-state index contributed by atoms with van der Waals surface area (Å²) < 4.78 is 0.